The Morgan fingerprint density at radius 3 is 1.55 bits per heavy atom. The molecule has 0 heterocycles. The molecule has 0 atom stereocenters. The second kappa shape index (κ2) is 16.2. The van der Waals surface area contributed by atoms with Gasteiger partial charge in [0.2, 0.25) is 0 Å². The van der Waals surface area contributed by atoms with E-state index in [0.29, 0.717) is 13.2 Å². The summed E-state index contributed by atoms with van der Waals surface area (Å²) < 4.78 is 4.90. The van der Waals surface area contributed by atoms with Gasteiger partial charge in [0, 0.05) is 0 Å². The first-order chi connectivity index (χ1) is 5.33. The van der Waals surface area contributed by atoms with Crippen LogP contribution in [0.4, 0.5) is 0 Å². The molecule has 66 valence electrons. The molecule has 0 fully saturated rings. The monoisotopic (exact) mass is 156 g/mol. The molecule has 0 aliphatic rings. The minimum absolute atomic E-state index is 0.617. The highest BCUT2D eigenvalue weighted by atomic mass is 16.5. The normalized spacial score (nSPS) is 7.82. The second-order valence-corrected chi connectivity index (χ2v) is 2.11. The maximum absolute atomic E-state index is 4.90. The topological polar surface area (TPSA) is 9.23 Å². The highest BCUT2D eigenvalue weighted by molar-refractivity contribution is 4.68. The molecule has 0 unspecified atom stereocenters. The predicted molar refractivity (Wildman–Crippen MR) is 51.8 cm³/mol. The summed E-state index contributed by atoms with van der Waals surface area (Å²) in [6, 6.07) is 0. The van der Waals surface area contributed by atoms with Crippen molar-refractivity contribution in [2.24, 2.45) is 0 Å². The fourth-order valence-corrected chi connectivity index (χ4v) is 0.235. The summed E-state index contributed by atoms with van der Waals surface area (Å²) in [6.07, 6.45) is 6.06. The lowest BCUT2D eigenvalue weighted by Gasteiger charge is -1.89. The quantitative estimate of drug-likeness (QED) is 0.439. The SMILES string of the molecule is C=CCOCC=C.CCCC. The van der Waals surface area contributed by atoms with Crippen molar-refractivity contribution in [3.05, 3.63) is 25.3 Å². The van der Waals surface area contributed by atoms with Crippen LogP contribution >= 0.6 is 0 Å². The number of hydrogen-bond donors (Lipinski definition) is 0. The van der Waals surface area contributed by atoms with Gasteiger partial charge in [-0.05, 0) is 0 Å². The van der Waals surface area contributed by atoms with Crippen LogP contribution in [-0.2, 0) is 4.74 Å². The summed E-state index contributed by atoms with van der Waals surface area (Å²) in [4.78, 5) is 0. The van der Waals surface area contributed by atoms with E-state index in [-0.39, 0.29) is 0 Å². The van der Waals surface area contributed by atoms with Gasteiger partial charge in [0.1, 0.15) is 0 Å². The van der Waals surface area contributed by atoms with Gasteiger partial charge < -0.3 is 4.74 Å². The van der Waals surface area contributed by atoms with Crippen molar-refractivity contribution >= 4 is 0 Å². The molecule has 0 saturated carbocycles. The maximum Gasteiger partial charge on any atom is 0.0649 e. The van der Waals surface area contributed by atoms with Crippen LogP contribution < -0.4 is 0 Å². The summed E-state index contributed by atoms with van der Waals surface area (Å²) in [6.45, 7) is 12.5. The molecule has 0 amide bonds. The summed E-state index contributed by atoms with van der Waals surface area (Å²) >= 11 is 0. The highest BCUT2D eigenvalue weighted by Crippen LogP contribution is 1.76. The minimum Gasteiger partial charge on any atom is -0.373 e. The average Bonchev–Trinajstić information content (AvgIpc) is 2.06. The van der Waals surface area contributed by atoms with Crippen LogP contribution in [0.2, 0.25) is 0 Å². The van der Waals surface area contributed by atoms with Crippen LogP contribution in [0.15, 0.2) is 25.3 Å². The van der Waals surface area contributed by atoms with Crippen LogP contribution in [0.1, 0.15) is 26.7 Å². The molecule has 1 nitrogen and oxygen atoms in total. The number of unbranched alkanes of at least 4 members (excludes halogenated alkanes) is 1. The van der Waals surface area contributed by atoms with Crippen LogP contribution in [0.25, 0.3) is 0 Å². The first kappa shape index (κ1) is 13.1. The lowest BCUT2D eigenvalue weighted by atomic mass is 10.4. The van der Waals surface area contributed by atoms with E-state index in [9.17, 15) is 0 Å². The third kappa shape index (κ3) is 26.5. The van der Waals surface area contributed by atoms with Crippen molar-refractivity contribution in [1.82, 2.24) is 0 Å². The molecule has 0 rings (SSSR count). The van der Waals surface area contributed by atoms with Crippen LogP contribution in [-0.4, -0.2) is 13.2 Å². The van der Waals surface area contributed by atoms with Crippen LogP contribution in [0.3, 0.4) is 0 Å². The Balaban J connectivity index is 0. The Labute approximate surface area is 70.8 Å². The number of ether oxygens (including phenoxy) is 1. The Kier molecular flexibility index (Phi) is 19.3. The summed E-state index contributed by atoms with van der Waals surface area (Å²) in [5.74, 6) is 0. The van der Waals surface area contributed by atoms with E-state index in [1.165, 1.54) is 12.8 Å². The molecule has 0 aromatic rings. The van der Waals surface area contributed by atoms with Crippen molar-refractivity contribution in [1.29, 1.82) is 0 Å². The third-order valence-electron chi connectivity index (χ3n) is 0.971. The van der Waals surface area contributed by atoms with Crippen molar-refractivity contribution in [3.63, 3.8) is 0 Å². The van der Waals surface area contributed by atoms with E-state index in [1.54, 1.807) is 12.2 Å². The molecule has 1 heteroatoms. The van der Waals surface area contributed by atoms with E-state index < -0.39 is 0 Å². The van der Waals surface area contributed by atoms with Gasteiger partial charge in [0.15, 0.2) is 0 Å². The number of hydrogen-bond acceptors (Lipinski definition) is 1. The Hall–Kier alpha value is -0.560. The van der Waals surface area contributed by atoms with Crippen molar-refractivity contribution in [3.8, 4) is 0 Å². The molecule has 0 N–H and O–H groups in total. The van der Waals surface area contributed by atoms with E-state index in [0.717, 1.165) is 0 Å². The van der Waals surface area contributed by atoms with Gasteiger partial charge in [-0.15, -0.1) is 13.2 Å². The zero-order chi connectivity index (χ0) is 8.95. The van der Waals surface area contributed by atoms with Gasteiger partial charge in [0.05, 0.1) is 13.2 Å². The average molecular weight is 156 g/mol. The van der Waals surface area contributed by atoms with Gasteiger partial charge >= 0.3 is 0 Å². The fourth-order valence-electron chi connectivity index (χ4n) is 0.235. The molecular weight excluding hydrogens is 136 g/mol. The molecular formula is C10H20O. The van der Waals surface area contributed by atoms with Gasteiger partial charge in [-0.3, -0.25) is 0 Å². The molecule has 0 radical (unpaired) electrons. The smallest absolute Gasteiger partial charge is 0.0649 e. The molecule has 0 aliphatic heterocycles. The lowest BCUT2D eigenvalue weighted by molar-refractivity contribution is 0.194. The lowest BCUT2D eigenvalue weighted by Crippen LogP contribution is -1.87. The van der Waals surface area contributed by atoms with Crippen molar-refractivity contribution in [2.45, 2.75) is 26.7 Å². The molecule has 0 aromatic heterocycles. The molecule has 0 aliphatic carbocycles. The first-order valence-corrected chi connectivity index (χ1v) is 4.12. The largest absolute Gasteiger partial charge is 0.373 e. The highest BCUT2D eigenvalue weighted by Gasteiger charge is 1.70. The van der Waals surface area contributed by atoms with Gasteiger partial charge in [-0.25, -0.2) is 0 Å². The Morgan fingerprint density at radius 2 is 1.36 bits per heavy atom. The summed E-state index contributed by atoms with van der Waals surface area (Å²) in [5.41, 5.74) is 0. The van der Waals surface area contributed by atoms with E-state index >= 15 is 0 Å². The third-order valence-corrected chi connectivity index (χ3v) is 0.971. The van der Waals surface area contributed by atoms with Crippen LogP contribution in [0.5, 0.6) is 0 Å². The summed E-state index contributed by atoms with van der Waals surface area (Å²) in [7, 11) is 0. The maximum atomic E-state index is 4.90. The van der Waals surface area contributed by atoms with E-state index in [1.807, 2.05) is 0 Å². The predicted octanol–water partition coefficient (Wildman–Crippen LogP) is 3.18. The van der Waals surface area contributed by atoms with Crippen molar-refractivity contribution in [2.75, 3.05) is 13.2 Å². The van der Waals surface area contributed by atoms with E-state index in [2.05, 4.69) is 27.0 Å². The van der Waals surface area contributed by atoms with Gasteiger partial charge in [0.25, 0.3) is 0 Å². The summed E-state index contributed by atoms with van der Waals surface area (Å²) in [5, 5.41) is 0. The Morgan fingerprint density at radius 1 is 1.00 bits per heavy atom. The van der Waals surface area contributed by atoms with Crippen molar-refractivity contribution < 1.29 is 4.74 Å². The Bertz CT molecular complexity index is 66.9. The molecule has 0 spiro atoms. The standard InChI is InChI=1S/C6H10O.C4H10/c1-3-5-7-6-4-2;1-3-4-2/h3-4H,1-2,5-6H2;3-4H2,1-2H3. The van der Waals surface area contributed by atoms with E-state index in [4.69, 9.17) is 4.74 Å². The number of rotatable bonds is 5. The molecule has 0 saturated heterocycles. The first-order valence-electron chi connectivity index (χ1n) is 4.12. The minimum atomic E-state index is 0.617. The molecule has 11 heavy (non-hydrogen) atoms. The van der Waals surface area contributed by atoms with Crippen LogP contribution in [0, 0.1) is 0 Å². The van der Waals surface area contributed by atoms with Gasteiger partial charge in [-0.2, -0.15) is 0 Å². The molecule has 0 aromatic carbocycles. The second-order valence-electron chi connectivity index (χ2n) is 2.11. The van der Waals surface area contributed by atoms with Gasteiger partial charge in [-0.1, -0.05) is 38.8 Å². The fraction of sp³-hybridized carbons (Fsp3) is 0.600. The zero-order valence-corrected chi connectivity index (χ0v) is 7.81. The zero-order valence-electron chi connectivity index (χ0n) is 7.81. The molecule has 0 bridgehead atoms.